The van der Waals surface area contributed by atoms with Gasteiger partial charge in [0.2, 0.25) is 5.95 Å². The molecule has 5 aromatic rings. The summed E-state index contributed by atoms with van der Waals surface area (Å²) in [6.45, 7) is 4.00. The Morgan fingerprint density at radius 3 is 2.20 bits per heavy atom. The minimum atomic E-state index is -0.129. The molecule has 1 atom stereocenters. The van der Waals surface area contributed by atoms with Gasteiger partial charge in [-0.1, -0.05) is 78.9 Å². The van der Waals surface area contributed by atoms with Crippen molar-refractivity contribution in [2.45, 2.75) is 39.5 Å². The van der Waals surface area contributed by atoms with Crippen molar-refractivity contribution >= 4 is 23.2 Å². The molecule has 1 heterocycles. The normalized spacial score (nSPS) is 14.2. The fourth-order valence-electron chi connectivity index (χ4n) is 5.73. The first-order chi connectivity index (χ1) is 20.0. The number of carbonyl (C=O) groups is 1. The van der Waals surface area contributed by atoms with Gasteiger partial charge in [0, 0.05) is 33.8 Å². The van der Waals surface area contributed by atoms with Crippen molar-refractivity contribution in [2.24, 2.45) is 5.92 Å². The van der Waals surface area contributed by atoms with Crippen LogP contribution in [0.4, 0.5) is 17.3 Å². The first-order valence-corrected chi connectivity index (χ1v) is 14.3. The van der Waals surface area contributed by atoms with Crippen LogP contribution in [0, 0.1) is 19.8 Å². The van der Waals surface area contributed by atoms with Gasteiger partial charge in [-0.3, -0.25) is 4.79 Å². The molecule has 1 aliphatic carbocycles. The molecule has 1 unspecified atom stereocenters. The summed E-state index contributed by atoms with van der Waals surface area (Å²) in [7, 11) is 0. The highest BCUT2D eigenvalue weighted by atomic mass is 16.1. The van der Waals surface area contributed by atoms with E-state index < -0.39 is 0 Å². The third-order valence-corrected chi connectivity index (χ3v) is 7.91. The SMILES string of the molecule is Cc1cccc(C)c1NC(=O)c1ccc(Nc2nc3c(c(-c4ccccc4)n2)CC(Cc2ccccc2)CC3)cc1. The molecular weight excluding hydrogens is 504 g/mol. The minimum Gasteiger partial charge on any atom is -0.324 e. The van der Waals surface area contributed by atoms with Gasteiger partial charge < -0.3 is 10.6 Å². The van der Waals surface area contributed by atoms with Crippen LogP contribution >= 0.6 is 0 Å². The lowest BCUT2D eigenvalue weighted by Gasteiger charge is -2.26. The maximum atomic E-state index is 12.9. The quantitative estimate of drug-likeness (QED) is 0.220. The van der Waals surface area contributed by atoms with Crippen LogP contribution in [-0.2, 0) is 19.3 Å². The van der Waals surface area contributed by atoms with Gasteiger partial charge in [-0.2, -0.15) is 0 Å². The summed E-state index contributed by atoms with van der Waals surface area (Å²) in [6, 6.07) is 34.6. The van der Waals surface area contributed by atoms with E-state index >= 15 is 0 Å². The van der Waals surface area contributed by atoms with Gasteiger partial charge in [0.15, 0.2) is 0 Å². The van der Waals surface area contributed by atoms with Crippen LogP contribution < -0.4 is 10.6 Å². The fourth-order valence-corrected chi connectivity index (χ4v) is 5.73. The summed E-state index contributed by atoms with van der Waals surface area (Å²) in [5.74, 6) is 1.02. The Morgan fingerprint density at radius 1 is 0.805 bits per heavy atom. The summed E-state index contributed by atoms with van der Waals surface area (Å²) in [5.41, 5.74) is 10.2. The van der Waals surface area contributed by atoms with Crippen molar-refractivity contribution in [3.8, 4) is 11.3 Å². The van der Waals surface area contributed by atoms with Gasteiger partial charge >= 0.3 is 0 Å². The molecule has 1 aliphatic rings. The lowest BCUT2D eigenvalue weighted by Crippen LogP contribution is -2.20. The number of aromatic nitrogens is 2. The average molecular weight is 539 g/mol. The van der Waals surface area contributed by atoms with Crippen molar-refractivity contribution in [3.05, 3.63) is 137 Å². The van der Waals surface area contributed by atoms with E-state index in [0.717, 1.165) is 65.1 Å². The Hall–Kier alpha value is -4.77. The Bertz CT molecular complexity index is 1640. The maximum Gasteiger partial charge on any atom is 0.255 e. The predicted octanol–water partition coefficient (Wildman–Crippen LogP) is 8.10. The predicted molar refractivity (Wildman–Crippen MR) is 167 cm³/mol. The van der Waals surface area contributed by atoms with Crippen LogP contribution in [0.1, 0.15) is 44.7 Å². The van der Waals surface area contributed by atoms with Crippen LogP contribution in [0.2, 0.25) is 0 Å². The third kappa shape index (κ3) is 6.04. The molecule has 0 saturated heterocycles. The zero-order chi connectivity index (χ0) is 28.2. The summed E-state index contributed by atoms with van der Waals surface area (Å²) in [6.07, 6.45) is 4.08. The van der Waals surface area contributed by atoms with Crippen LogP contribution in [0.25, 0.3) is 11.3 Å². The van der Waals surface area contributed by atoms with Crippen molar-refractivity contribution in [3.63, 3.8) is 0 Å². The summed E-state index contributed by atoms with van der Waals surface area (Å²) in [5, 5.41) is 6.45. The number of benzene rings is 4. The zero-order valence-corrected chi connectivity index (χ0v) is 23.5. The molecule has 0 bridgehead atoms. The molecular formula is C36H34N4O. The fraction of sp³-hybridized carbons (Fsp3) is 0.194. The number of amides is 1. The van der Waals surface area contributed by atoms with Gasteiger partial charge in [0.05, 0.1) is 5.69 Å². The van der Waals surface area contributed by atoms with Crippen LogP contribution in [0.3, 0.4) is 0 Å². The molecule has 41 heavy (non-hydrogen) atoms. The van der Waals surface area contributed by atoms with Crippen molar-refractivity contribution in [2.75, 3.05) is 10.6 Å². The summed E-state index contributed by atoms with van der Waals surface area (Å²) >= 11 is 0. The molecule has 5 nitrogen and oxygen atoms in total. The molecule has 0 saturated carbocycles. The van der Waals surface area contributed by atoms with E-state index in [1.54, 1.807) is 0 Å². The van der Waals surface area contributed by atoms with E-state index in [2.05, 4.69) is 65.2 Å². The largest absolute Gasteiger partial charge is 0.324 e. The number of nitrogens with one attached hydrogen (secondary N) is 2. The van der Waals surface area contributed by atoms with Crippen LogP contribution in [0.15, 0.2) is 103 Å². The molecule has 0 fully saturated rings. The third-order valence-electron chi connectivity index (χ3n) is 7.91. The number of hydrogen-bond acceptors (Lipinski definition) is 4. The lowest BCUT2D eigenvalue weighted by molar-refractivity contribution is 0.102. The molecule has 6 rings (SSSR count). The number of anilines is 3. The Balaban J connectivity index is 1.23. The molecule has 0 aliphatic heterocycles. The molecule has 4 aromatic carbocycles. The second kappa shape index (κ2) is 11.8. The van der Waals surface area contributed by atoms with Gasteiger partial charge in [-0.15, -0.1) is 0 Å². The van der Waals surface area contributed by atoms with Gasteiger partial charge in [-0.05, 0) is 86.4 Å². The molecule has 5 heteroatoms. The molecule has 1 aromatic heterocycles. The van der Waals surface area contributed by atoms with E-state index in [-0.39, 0.29) is 5.91 Å². The molecule has 204 valence electrons. The Labute approximate surface area is 241 Å². The minimum absolute atomic E-state index is 0.129. The highest BCUT2D eigenvalue weighted by molar-refractivity contribution is 6.05. The van der Waals surface area contributed by atoms with E-state index in [9.17, 15) is 4.79 Å². The first kappa shape index (κ1) is 26.5. The second-order valence-corrected chi connectivity index (χ2v) is 10.9. The van der Waals surface area contributed by atoms with Crippen molar-refractivity contribution in [1.29, 1.82) is 0 Å². The number of para-hydroxylation sites is 1. The topological polar surface area (TPSA) is 66.9 Å². The maximum absolute atomic E-state index is 12.9. The van der Waals surface area contributed by atoms with Gasteiger partial charge in [0.25, 0.3) is 5.91 Å². The summed E-state index contributed by atoms with van der Waals surface area (Å²) in [4.78, 5) is 22.9. The molecule has 0 spiro atoms. The number of rotatable bonds is 7. The van der Waals surface area contributed by atoms with Crippen molar-refractivity contribution < 1.29 is 4.79 Å². The molecule has 0 radical (unpaired) electrons. The average Bonchev–Trinajstić information content (AvgIpc) is 3.00. The van der Waals surface area contributed by atoms with Crippen LogP contribution in [-0.4, -0.2) is 15.9 Å². The van der Waals surface area contributed by atoms with E-state index in [1.807, 2.05) is 62.4 Å². The van der Waals surface area contributed by atoms with Crippen molar-refractivity contribution in [1.82, 2.24) is 9.97 Å². The van der Waals surface area contributed by atoms with Gasteiger partial charge in [0.1, 0.15) is 0 Å². The standard InChI is InChI=1S/C36H34N4O/c1-24-10-9-11-25(2)33(24)39-35(41)29-17-19-30(20-18-29)37-36-38-32-21-16-27(22-26-12-5-3-6-13-26)23-31(32)34(40-36)28-14-7-4-8-15-28/h3-15,17-20,27H,16,21-23H2,1-2H3,(H,39,41)(H,37,38,40). The van der Waals surface area contributed by atoms with Crippen LogP contribution in [0.5, 0.6) is 0 Å². The smallest absolute Gasteiger partial charge is 0.255 e. The van der Waals surface area contributed by atoms with E-state index in [1.165, 1.54) is 11.1 Å². The van der Waals surface area contributed by atoms with Gasteiger partial charge in [-0.25, -0.2) is 9.97 Å². The van der Waals surface area contributed by atoms with E-state index in [0.29, 0.717) is 17.4 Å². The highest BCUT2D eigenvalue weighted by Crippen LogP contribution is 2.34. The molecule has 2 N–H and O–H groups in total. The Kier molecular flexibility index (Phi) is 7.59. The summed E-state index contributed by atoms with van der Waals surface area (Å²) < 4.78 is 0. The number of fused-ring (bicyclic) bond motifs is 1. The Morgan fingerprint density at radius 2 is 1.49 bits per heavy atom. The number of nitrogens with zero attached hydrogens (tertiary/aromatic N) is 2. The zero-order valence-electron chi connectivity index (χ0n) is 23.5. The number of hydrogen-bond donors (Lipinski definition) is 2. The molecule has 1 amide bonds. The first-order valence-electron chi connectivity index (χ1n) is 14.3. The lowest BCUT2D eigenvalue weighted by atomic mass is 9.81. The number of aryl methyl sites for hydroxylation is 3. The monoisotopic (exact) mass is 538 g/mol. The van der Waals surface area contributed by atoms with E-state index in [4.69, 9.17) is 9.97 Å². The second-order valence-electron chi connectivity index (χ2n) is 10.9. The number of carbonyl (C=O) groups excluding carboxylic acids is 1. The highest BCUT2D eigenvalue weighted by Gasteiger charge is 2.25.